The molecule has 1 N–H and O–H groups in total. The van der Waals surface area contributed by atoms with Gasteiger partial charge in [-0.05, 0) is 52.7 Å². The molecular weight excluding hydrogens is 440 g/mol. The highest BCUT2D eigenvalue weighted by Crippen LogP contribution is 2.32. The maximum atomic E-state index is 12.1. The first kappa shape index (κ1) is 19.1. The molecule has 0 saturated carbocycles. The monoisotopic (exact) mass is 449 g/mol. The van der Waals surface area contributed by atoms with Crippen LogP contribution in [-0.2, 0) is 9.53 Å². The maximum absolute atomic E-state index is 12.1. The molecule has 4 nitrogen and oxygen atoms in total. The van der Waals surface area contributed by atoms with E-state index in [1.807, 2.05) is 19.1 Å². The van der Waals surface area contributed by atoms with E-state index in [1.54, 1.807) is 6.07 Å². The Morgan fingerprint density at radius 2 is 1.79 bits per heavy atom. The van der Waals surface area contributed by atoms with Crippen LogP contribution in [0.1, 0.15) is 15.9 Å². The number of nitrogens with one attached hydrogen (secondary N) is 1. The summed E-state index contributed by atoms with van der Waals surface area (Å²) in [5.74, 6) is -1.33. The molecule has 0 aromatic heterocycles. The molecule has 0 aliphatic heterocycles. The smallest absolute Gasteiger partial charge is 0.341 e. The second-order valence-corrected chi connectivity index (χ2v) is 6.87. The number of carbonyl (C=O) groups excluding carboxylic acids is 2. The van der Waals surface area contributed by atoms with E-state index in [1.165, 1.54) is 12.1 Å². The largest absolute Gasteiger partial charge is 0.452 e. The summed E-state index contributed by atoms with van der Waals surface area (Å²) in [6.45, 7) is 1.44. The van der Waals surface area contributed by atoms with Crippen LogP contribution in [0.25, 0.3) is 0 Å². The number of hydrogen-bond donors (Lipinski definition) is 1. The van der Waals surface area contributed by atoms with Gasteiger partial charge in [-0.25, -0.2) is 4.79 Å². The van der Waals surface area contributed by atoms with Gasteiger partial charge in [0.15, 0.2) is 6.61 Å². The van der Waals surface area contributed by atoms with E-state index < -0.39 is 18.5 Å². The maximum Gasteiger partial charge on any atom is 0.341 e. The Morgan fingerprint density at radius 1 is 1.12 bits per heavy atom. The summed E-state index contributed by atoms with van der Waals surface area (Å²) in [5.41, 5.74) is 1.53. The Balaban J connectivity index is 2.02. The Kier molecular flexibility index (Phi) is 6.52. The minimum Gasteiger partial charge on any atom is -0.452 e. The van der Waals surface area contributed by atoms with Gasteiger partial charge in [0.25, 0.3) is 5.91 Å². The average Bonchev–Trinajstić information content (AvgIpc) is 2.52. The van der Waals surface area contributed by atoms with E-state index in [2.05, 4.69) is 21.2 Å². The van der Waals surface area contributed by atoms with Crippen LogP contribution in [0.5, 0.6) is 0 Å². The van der Waals surface area contributed by atoms with Crippen molar-refractivity contribution >= 4 is 68.3 Å². The van der Waals surface area contributed by atoms with Crippen molar-refractivity contribution in [3.8, 4) is 0 Å². The fourth-order valence-corrected chi connectivity index (χ4v) is 3.10. The Morgan fingerprint density at radius 3 is 2.46 bits per heavy atom. The van der Waals surface area contributed by atoms with Gasteiger partial charge in [-0.2, -0.15) is 0 Å². The summed E-state index contributed by atoms with van der Waals surface area (Å²) >= 11 is 21.1. The molecular formula is C16H11BrCl3NO3. The Labute approximate surface area is 162 Å². The van der Waals surface area contributed by atoms with Crippen molar-refractivity contribution < 1.29 is 14.3 Å². The van der Waals surface area contributed by atoms with Gasteiger partial charge >= 0.3 is 5.97 Å². The summed E-state index contributed by atoms with van der Waals surface area (Å²) in [4.78, 5) is 24.0. The first-order valence-electron chi connectivity index (χ1n) is 6.66. The van der Waals surface area contributed by atoms with E-state index in [0.29, 0.717) is 5.69 Å². The first-order valence-corrected chi connectivity index (χ1v) is 8.59. The number of carbonyl (C=O) groups is 2. The number of aryl methyl sites for hydroxylation is 1. The molecule has 1 amide bonds. The van der Waals surface area contributed by atoms with Crippen LogP contribution < -0.4 is 5.32 Å². The molecule has 2 aromatic carbocycles. The van der Waals surface area contributed by atoms with Crippen molar-refractivity contribution in [3.63, 3.8) is 0 Å². The summed E-state index contributed by atoms with van der Waals surface area (Å²) in [6.07, 6.45) is 0. The van der Waals surface area contributed by atoms with Crippen molar-refractivity contribution in [2.75, 3.05) is 11.9 Å². The van der Waals surface area contributed by atoms with Gasteiger partial charge in [-0.3, -0.25) is 4.79 Å². The highest BCUT2D eigenvalue weighted by molar-refractivity contribution is 9.10. The van der Waals surface area contributed by atoms with Crippen LogP contribution in [0.3, 0.4) is 0 Å². The fourth-order valence-electron chi connectivity index (χ4n) is 1.83. The molecule has 0 aliphatic carbocycles. The van der Waals surface area contributed by atoms with Gasteiger partial charge in [0.2, 0.25) is 0 Å². The minimum absolute atomic E-state index is 0.0177. The third-order valence-electron chi connectivity index (χ3n) is 2.98. The molecule has 2 aromatic rings. The zero-order valence-corrected chi connectivity index (χ0v) is 16.2. The summed E-state index contributed by atoms with van der Waals surface area (Å²) in [6, 6.07) is 8.33. The van der Waals surface area contributed by atoms with Crippen LogP contribution in [0.2, 0.25) is 15.1 Å². The molecule has 0 aliphatic rings. The molecule has 0 fully saturated rings. The van der Waals surface area contributed by atoms with Gasteiger partial charge in [0, 0.05) is 4.47 Å². The van der Waals surface area contributed by atoms with E-state index >= 15 is 0 Å². The molecule has 0 atom stereocenters. The molecule has 0 radical (unpaired) electrons. The quantitative estimate of drug-likeness (QED) is 0.492. The van der Waals surface area contributed by atoms with Crippen molar-refractivity contribution in [1.82, 2.24) is 0 Å². The summed E-state index contributed by atoms with van der Waals surface area (Å²) < 4.78 is 5.67. The highest BCUT2D eigenvalue weighted by Gasteiger charge is 2.20. The van der Waals surface area contributed by atoms with Crippen molar-refractivity contribution in [3.05, 3.63) is 61.0 Å². The van der Waals surface area contributed by atoms with Crippen LogP contribution in [0.4, 0.5) is 5.69 Å². The van der Waals surface area contributed by atoms with E-state index in [9.17, 15) is 9.59 Å². The van der Waals surface area contributed by atoms with Crippen LogP contribution >= 0.6 is 50.7 Å². The zero-order chi connectivity index (χ0) is 17.9. The number of amides is 1. The molecule has 0 bridgehead atoms. The normalized spacial score (nSPS) is 10.4. The number of halogens is 4. The molecule has 0 saturated heterocycles. The third-order valence-corrected chi connectivity index (χ3v) is 4.76. The zero-order valence-electron chi connectivity index (χ0n) is 12.3. The predicted octanol–water partition coefficient (Wildman–Crippen LogP) is 5.51. The number of anilines is 1. The van der Waals surface area contributed by atoms with Crippen molar-refractivity contribution in [2.45, 2.75) is 6.92 Å². The lowest BCUT2D eigenvalue weighted by molar-refractivity contribution is -0.119. The van der Waals surface area contributed by atoms with Crippen molar-refractivity contribution in [1.29, 1.82) is 0 Å². The van der Waals surface area contributed by atoms with Crippen LogP contribution in [-0.4, -0.2) is 18.5 Å². The molecule has 0 spiro atoms. The second kappa shape index (κ2) is 8.21. The minimum atomic E-state index is -0.828. The number of rotatable bonds is 4. The van der Waals surface area contributed by atoms with E-state index in [-0.39, 0.29) is 20.6 Å². The highest BCUT2D eigenvalue weighted by atomic mass is 79.9. The number of esters is 1. The summed E-state index contributed by atoms with van der Waals surface area (Å²) in [7, 11) is 0. The standard InChI is InChI=1S/C16H11BrCl3NO3/c1-8-2-5-12(9(17)6-8)21-13(22)7-24-16(23)14-10(18)3-4-11(19)15(14)20/h2-6H,7H2,1H3,(H,21,22). The average molecular weight is 452 g/mol. The van der Waals surface area contributed by atoms with Gasteiger partial charge < -0.3 is 10.1 Å². The number of hydrogen-bond acceptors (Lipinski definition) is 3. The molecule has 126 valence electrons. The molecule has 8 heteroatoms. The number of benzene rings is 2. The summed E-state index contributed by atoms with van der Waals surface area (Å²) in [5, 5.41) is 2.87. The topological polar surface area (TPSA) is 55.4 Å². The lowest BCUT2D eigenvalue weighted by Crippen LogP contribution is -2.21. The molecule has 0 unspecified atom stereocenters. The van der Waals surface area contributed by atoms with Crippen LogP contribution in [0.15, 0.2) is 34.8 Å². The van der Waals surface area contributed by atoms with Gasteiger partial charge in [-0.1, -0.05) is 40.9 Å². The van der Waals surface area contributed by atoms with E-state index in [4.69, 9.17) is 39.5 Å². The Bertz CT molecular complexity index is 811. The predicted molar refractivity (Wildman–Crippen MR) is 99.3 cm³/mol. The third kappa shape index (κ3) is 4.63. The lowest BCUT2D eigenvalue weighted by Gasteiger charge is -2.10. The Hall–Kier alpha value is -1.27. The molecule has 24 heavy (non-hydrogen) atoms. The van der Waals surface area contributed by atoms with Gasteiger partial charge in [0.1, 0.15) is 0 Å². The second-order valence-electron chi connectivity index (χ2n) is 4.83. The van der Waals surface area contributed by atoms with Crippen LogP contribution in [0, 0.1) is 6.92 Å². The SMILES string of the molecule is Cc1ccc(NC(=O)COC(=O)c2c(Cl)ccc(Cl)c2Cl)c(Br)c1. The van der Waals surface area contributed by atoms with Crippen molar-refractivity contribution in [2.24, 2.45) is 0 Å². The first-order chi connectivity index (χ1) is 11.3. The van der Waals surface area contributed by atoms with Gasteiger partial charge in [0.05, 0.1) is 26.3 Å². The van der Waals surface area contributed by atoms with Gasteiger partial charge in [-0.15, -0.1) is 0 Å². The van der Waals surface area contributed by atoms with E-state index in [0.717, 1.165) is 10.0 Å². The lowest BCUT2D eigenvalue weighted by atomic mass is 10.2. The number of ether oxygens (including phenoxy) is 1. The fraction of sp³-hybridized carbons (Fsp3) is 0.125. The molecule has 2 rings (SSSR count). The molecule has 0 heterocycles.